The number of carbonyl (C=O) groups is 1. The maximum absolute atomic E-state index is 13.0. The minimum absolute atomic E-state index is 0.131. The lowest BCUT2D eigenvalue weighted by Gasteiger charge is -2.23. The van der Waals surface area contributed by atoms with E-state index in [0.717, 1.165) is 16.9 Å². The number of benzene rings is 2. The largest absolute Gasteiger partial charge is 0.493 e. The standard InChI is InChI=1S/C26H29N5O4/c1-34-23-8-7-19-11-24(23)35-9-3-6-22(33)21-12-20(32)15-31(21)14-17-4-2-5-18(10-17)29-25-13-26(30-19)28-16-27-25/h2,4-5,7-8,10-11,13,16,20-21,32H,3,6,9,12,14-15H2,1H3,(H2,27,28,29,30)/t20-,21-/m1/s1. The monoisotopic (exact) mass is 475 g/mol. The number of anilines is 4. The van der Waals surface area contributed by atoms with Crippen molar-refractivity contribution in [3.63, 3.8) is 0 Å². The van der Waals surface area contributed by atoms with E-state index in [0.29, 0.717) is 62.1 Å². The number of aromatic nitrogens is 2. The van der Waals surface area contributed by atoms with Gasteiger partial charge in [-0.15, -0.1) is 0 Å². The van der Waals surface area contributed by atoms with Crippen LogP contribution >= 0.6 is 0 Å². The fraction of sp³-hybridized carbons (Fsp3) is 0.346. The number of nitrogens with zero attached hydrogens (tertiary/aromatic N) is 3. The molecule has 6 bridgehead atoms. The van der Waals surface area contributed by atoms with Gasteiger partial charge in [0.25, 0.3) is 0 Å². The minimum atomic E-state index is -0.502. The van der Waals surface area contributed by atoms with E-state index < -0.39 is 6.10 Å². The van der Waals surface area contributed by atoms with Crippen LogP contribution in [0.25, 0.3) is 0 Å². The van der Waals surface area contributed by atoms with Gasteiger partial charge in [0.2, 0.25) is 0 Å². The first-order valence-electron chi connectivity index (χ1n) is 11.8. The second-order valence-electron chi connectivity index (χ2n) is 8.86. The average molecular weight is 476 g/mol. The molecule has 0 radical (unpaired) electrons. The number of aliphatic hydroxyl groups is 1. The van der Waals surface area contributed by atoms with Gasteiger partial charge in [0, 0.05) is 43.0 Å². The third kappa shape index (κ3) is 5.52. The maximum atomic E-state index is 13.0. The number of Topliss-reactive ketones (excluding diaryl/α,β-unsaturated/α-hetero) is 1. The van der Waals surface area contributed by atoms with Gasteiger partial charge < -0.3 is 25.2 Å². The third-order valence-electron chi connectivity index (χ3n) is 6.27. The van der Waals surface area contributed by atoms with Crippen molar-refractivity contribution in [2.24, 2.45) is 0 Å². The molecule has 0 saturated carbocycles. The minimum Gasteiger partial charge on any atom is -0.493 e. The SMILES string of the molecule is COc1ccc2cc1OCCCC(=O)[C@H]1C[C@@H](O)CN1Cc1cccc(c1)Nc1cc(ncn1)N2. The van der Waals surface area contributed by atoms with Crippen LogP contribution in [0.5, 0.6) is 11.5 Å². The number of hydrogen-bond donors (Lipinski definition) is 3. The average Bonchev–Trinajstić information content (AvgIpc) is 3.22. The van der Waals surface area contributed by atoms with Crippen molar-refractivity contribution in [2.45, 2.75) is 38.0 Å². The molecule has 1 fully saturated rings. The van der Waals surface area contributed by atoms with E-state index in [1.54, 1.807) is 7.11 Å². The Labute approximate surface area is 204 Å². The van der Waals surface area contributed by atoms with Gasteiger partial charge >= 0.3 is 0 Å². The molecule has 1 aromatic heterocycles. The zero-order valence-electron chi connectivity index (χ0n) is 19.6. The molecule has 2 aromatic carbocycles. The first-order chi connectivity index (χ1) is 17.1. The molecule has 35 heavy (non-hydrogen) atoms. The molecule has 2 aliphatic heterocycles. The lowest BCUT2D eigenvalue weighted by molar-refractivity contribution is -0.123. The van der Waals surface area contributed by atoms with E-state index in [9.17, 15) is 9.90 Å². The molecule has 9 nitrogen and oxygen atoms in total. The first-order valence-corrected chi connectivity index (χ1v) is 11.8. The second-order valence-corrected chi connectivity index (χ2v) is 8.86. The number of fused-ring (bicyclic) bond motifs is 7. The highest BCUT2D eigenvalue weighted by Gasteiger charge is 2.35. The van der Waals surface area contributed by atoms with Gasteiger partial charge in [-0.1, -0.05) is 12.1 Å². The number of nitrogens with one attached hydrogen (secondary N) is 2. The Morgan fingerprint density at radius 3 is 2.69 bits per heavy atom. The Balaban J connectivity index is 1.46. The number of hydrogen-bond acceptors (Lipinski definition) is 9. The molecular formula is C26H29N5O4. The van der Waals surface area contributed by atoms with E-state index in [2.05, 4.69) is 25.5 Å². The fourth-order valence-electron chi connectivity index (χ4n) is 4.62. The number of aliphatic hydroxyl groups excluding tert-OH is 1. The van der Waals surface area contributed by atoms with Gasteiger partial charge in [-0.25, -0.2) is 9.97 Å². The van der Waals surface area contributed by atoms with Gasteiger partial charge in [-0.3, -0.25) is 9.69 Å². The summed E-state index contributed by atoms with van der Waals surface area (Å²) >= 11 is 0. The highest BCUT2D eigenvalue weighted by molar-refractivity contribution is 5.84. The van der Waals surface area contributed by atoms with Crippen molar-refractivity contribution in [3.8, 4) is 11.5 Å². The fourth-order valence-corrected chi connectivity index (χ4v) is 4.62. The number of methoxy groups -OCH3 is 1. The number of rotatable bonds is 1. The van der Waals surface area contributed by atoms with E-state index in [1.165, 1.54) is 6.33 Å². The molecule has 2 aliphatic rings. The van der Waals surface area contributed by atoms with Crippen molar-refractivity contribution >= 4 is 28.8 Å². The Morgan fingerprint density at radius 1 is 1.09 bits per heavy atom. The summed E-state index contributed by atoms with van der Waals surface area (Å²) < 4.78 is 11.4. The highest BCUT2D eigenvalue weighted by atomic mass is 16.5. The van der Waals surface area contributed by atoms with Crippen LogP contribution in [0.3, 0.4) is 0 Å². The van der Waals surface area contributed by atoms with Crippen molar-refractivity contribution < 1.29 is 19.4 Å². The Kier molecular flexibility index (Phi) is 6.78. The maximum Gasteiger partial charge on any atom is 0.163 e. The lowest BCUT2D eigenvalue weighted by atomic mass is 10.0. The van der Waals surface area contributed by atoms with Crippen LogP contribution in [0.15, 0.2) is 54.9 Å². The normalized spacial score (nSPS) is 20.8. The van der Waals surface area contributed by atoms with Gasteiger partial charge in [0.05, 0.1) is 25.9 Å². The summed E-state index contributed by atoms with van der Waals surface area (Å²) in [5.41, 5.74) is 2.73. The van der Waals surface area contributed by atoms with Crippen molar-refractivity contribution in [1.82, 2.24) is 14.9 Å². The molecule has 0 spiro atoms. The molecule has 0 unspecified atom stereocenters. The van der Waals surface area contributed by atoms with E-state index >= 15 is 0 Å². The summed E-state index contributed by atoms with van der Waals surface area (Å²) in [6.07, 6.45) is 2.42. The topological polar surface area (TPSA) is 109 Å². The zero-order chi connectivity index (χ0) is 24.2. The van der Waals surface area contributed by atoms with Gasteiger partial charge in [0.1, 0.15) is 23.7 Å². The van der Waals surface area contributed by atoms with Crippen LogP contribution in [0, 0.1) is 0 Å². The number of ketones is 1. The van der Waals surface area contributed by atoms with E-state index in [1.807, 2.05) is 48.5 Å². The van der Waals surface area contributed by atoms with Crippen LogP contribution in [0.1, 0.15) is 24.8 Å². The Morgan fingerprint density at radius 2 is 1.89 bits per heavy atom. The summed E-state index contributed by atoms with van der Waals surface area (Å²) in [7, 11) is 1.59. The smallest absolute Gasteiger partial charge is 0.163 e. The molecule has 0 amide bonds. The van der Waals surface area contributed by atoms with Crippen LogP contribution in [0.4, 0.5) is 23.0 Å². The molecular weight excluding hydrogens is 446 g/mol. The molecule has 3 heterocycles. The predicted octanol–water partition coefficient (Wildman–Crippen LogP) is 3.65. The molecule has 3 aromatic rings. The summed E-state index contributed by atoms with van der Waals surface area (Å²) in [6.45, 7) is 1.44. The number of carbonyl (C=O) groups excluding carboxylic acids is 1. The van der Waals surface area contributed by atoms with Crippen LogP contribution in [0.2, 0.25) is 0 Å². The molecule has 2 atom stereocenters. The summed E-state index contributed by atoms with van der Waals surface area (Å²) in [5, 5.41) is 16.9. The highest BCUT2D eigenvalue weighted by Crippen LogP contribution is 2.32. The van der Waals surface area contributed by atoms with Crippen molar-refractivity contribution in [2.75, 3.05) is 30.9 Å². The first kappa shape index (κ1) is 23.1. The van der Waals surface area contributed by atoms with Gasteiger partial charge in [-0.05, 0) is 42.7 Å². The molecule has 0 aliphatic carbocycles. The quantitative estimate of drug-likeness (QED) is 0.486. The predicted molar refractivity (Wildman–Crippen MR) is 133 cm³/mol. The second kappa shape index (κ2) is 10.3. The molecule has 1 saturated heterocycles. The molecule has 5 rings (SSSR count). The lowest BCUT2D eigenvalue weighted by Crippen LogP contribution is -2.35. The summed E-state index contributed by atoms with van der Waals surface area (Å²) in [6, 6.07) is 15.1. The van der Waals surface area contributed by atoms with Gasteiger partial charge in [-0.2, -0.15) is 0 Å². The van der Waals surface area contributed by atoms with Crippen LogP contribution in [-0.2, 0) is 11.3 Å². The summed E-state index contributed by atoms with van der Waals surface area (Å²) in [5.74, 6) is 2.61. The van der Waals surface area contributed by atoms with Crippen LogP contribution in [-0.4, -0.2) is 58.2 Å². The zero-order valence-corrected chi connectivity index (χ0v) is 19.6. The van der Waals surface area contributed by atoms with Crippen molar-refractivity contribution in [3.05, 3.63) is 60.4 Å². The molecule has 9 heteroatoms. The van der Waals surface area contributed by atoms with Gasteiger partial charge in [0.15, 0.2) is 11.5 Å². The Bertz CT molecular complexity index is 1200. The molecule has 3 N–H and O–H groups in total. The third-order valence-corrected chi connectivity index (χ3v) is 6.27. The van der Waals surface area contributed by atoms with Crippen molar-refractivity contribution in [1.29, 1.82) is 0 Å². The molecule has 182 valence electrons. The Hall–Kier alpha value is -3.69. The van der Waals surface area contributed by atoms with E-state index in [-0.39, 0.29) is 11.8 Å². The van der Waals surface area contributed by atoms with Crippen LogP contribution < -0.4 is 20.1 Å². The summed E-state index contributed by atoms with van der Waals surface area (Å²) in [4.78, 5) is 23.8. The number of ether oxygens (including phenoxy) is 2. The van der Waals surface area contributed by atoms with E-state index in [4.69, 9.17) is 9.47 Å².